The van der Waals surface area contributed by atoms with Crippen molar-refractivity contribution in [3.8, 4) is 39.1 Å². The minimum Gasteiger partial charge on any atom is -0.310 e. The highest BCUT2D eigenvalue weighted by atomic mass is 15.1. The molecule has 66 heavy (non-hydrogen) atoms. The number of fused-ring (bicyclic) bond motifs is 9. The molecule has 0 N–H and O–H groups in total. The summed E-state index contributed by atoms with van der Waals surface area (Å²) < 4.78 is 2.45. The number of aromatic nitrogens is 1. The van der Waals surface area contributed by atoms with Crippen LogP contribution in [0.2, 0.25) is 0 Å². The van der Waals surface area contributed by atoms with E-state index in [0.717, 1.165) is 28.3 Å². The second-order valence-corrected chi connectivity index (χ2v) is 17.3. The van der Waals surface area contributed by atoms with Gasteiger partial charge in [0.05, 0.1) is 16.7 Å². The van der Waals surface area contributed by atoms with Crippen LogP contribution in [0.5, 0.6) is 0 Å². The van der Waals surface area contributed by atoms with Gasteiger partial charge in [0.2, 0.25) is 0 Å². The molecule has 0 saturated carbocycles. The fourth-order valence-corrected chi connectivity index (χ4v) is 10.4. The van der Waals surface area contributed by atoms with Gasteiger partial charge in [0.25, 0.3) is 0 Å². The van der Waals surface area contributed by atoms with Gasteiger partial charge in [0.1, 0.15) is 0 Å². The molecule has 0 bridgehead atoms. The summed E-state index contributed by atoms with van der Waals surface area (Å²) in [6.07, 6.45) is 0. The minimum atomic E-state index is 1.08. The molecule has 0 atom stereocenters. The molecule has 12 aromatic carbocycles. The Morgan fingerprint density at radius 2 is 0.818 bits per heavy atom. The van der Waals surface area contributed by atoms with E-state index in [1.807, 2.05) is 0 Å². The zero-order chi connectivity index (χ0) is 43.6. The van der Waals surface area contributed by atoms with Crippen LogP contribution < -0.4 is 4.90 Å². The molecule has 0 fully saturated rings. The number of benzene rings is 12. The Labute approximate surface area is 383 Å². The summed E-state index contributed by atoms with van der Waals surface area (Å²) >= 11 is 0. The molecule has 0 aliphatic heterocycles. The summed E-state index contributed by atoms with van der Waals surface area (Å²) in [5.41, 5.74) is 14.0. The van der Waals surface area contributed by atoms with Crippen LogP contribution in [0.25, 0.3) is 104 Å². The van der Waals surface area contributed by atoms with Crippen LogP contribution >= 0.6 is 0 Å². The van der Waals surface area contributed by atoms with Gasteiger partial charge in [-0.1, -0.05) is 188 Å². The minimum absolute atomic E-state index is 1.08. The van der Waals surface area contributed by atoms with Crippen LogP contribution in [0.1, 0.15) is 0 Å². The van der Waals surface area contributed by atoms with Crippen molar-refractivity contribution in [3.63, 3.8) is 0 Å². The van der Waals surface area contributed by atoms with Gasteiger partial charge in [-0.15, -0.1) is 0 Å². The average molecular weight is 839 g/mol. The van der Waals surface area contributed by atoms with Gasteiger partial charge in [-0.05, 0) is 138 Å². The van der Waals surface area contributed by atoms with E-state index in [1.165, 1.54) is 92.7 Å². The van der Waals surface area contributed by atoms with Crippen LogP contribution in [0.4, 0.5) is 17.1 Å². The lowest BCUT2D eigenvalue weighted by atomic mass is 9.93. The van der Waals surface area contributed by atoms with Crippen molar-refractivity contribution in [2.24, 2.45) is 0 Å². The monoisotopic (exact) mass is 838 g/mol. The Hall–Kier alpha value is -8.72. The SMILES string of the molecule is c1cc(-c2ccc3ccccc3c2)cc(N(c2ccc(-c3ccccc3-n3c4ccccc4c4c5ccccc5ccc43)cc2)c2ccc(-c3cc4ccccc4c4ccccc34)cc2)c1. The molecule has 13 aromatic rings. The van der Waals surface area contributed by atoms with E-state index in [9.17, 15) is 0 Å². The van der Waals surface area contributed by atoms with Crippen LogP contribution in [0, 0.1) is 0 Å². The highest BCUT2D eigenvalue weighted by molar-refractivity contribution is 6.21. The Balaban J connectivity index is 0.939. The highest BCUT2D eigenvalue weighted by Gasteiger charge is 2.19. The smallest absolute Gasteiger partial charge is 0.0547 e. The van der Waals surface area contributed by atoms with Crippen molar-refractivity contribution >= 4 is 82.0 Å². The zero-order valence-electron chi connectivity index (χ0n) is 36.1. The highest BCUT2D eigenvalue weighted by Crippen LogP contribution is 2.43. The van der Waals surface area contributed by atoms with E-state index in [-0.39, 0.29) is 0 Å². The second kappa shape index (κ2) is 15.5. The van der Waals surface area contributed by atoms with Crippen molar-refractivity contribution in [3.05, 3.63) is 255 Å². The largest absolute Gasteiger partial charge is 0.310 e. The molecule has 0 spiro atoms. The predicted octanol–water partition coefficient (Wildman–Crippen LogP) is 17.9. The molecule has 2 heteroatoms. The third-order valence-electron chi connectivity index (χ3n) is 13.5. The maximum Gasteiger partial charge on any atom is 0.0547 e. The maximum atomic E-state index is 2.45. The van der Waals surface area contributed by atoms with Crippen LogP contribution in [0.15, 0.2) is 255 Å². The summed E-state index contributed by atoms with van der Waals surface area (Å²) in [5.74, 6) is 0. The van der Waals surface area contributed by atoms with Crippen molar-refractivity contribution < 1.29 is 0 Å². The van der Waals surface area contributed by atoms with Crippen molar-refractivity contribution in [1.82, 2.24) is 4.57 Å². The summed E-state index contributed by atoms with van der Waals surface area (Å²) in [6.45, 7) is 0. The summed E-state index contributed by atoms with van der Waals surface area (Å²) in [6, 6.07) is 93.3. The number of hydrogen-bond acceptors (Lipinski definition) is 1. The van der Waals surface area contributed by atoms with E-state index < -0.39 is 0 Å². The molecule has 0 aliphatic rings. The first-order chi connectivity index (χ1) is 32.7. The van der Waals surface area contributed by atoms with Crippen molar-refractivity contribution in [1.29, 1.82) is 0 Å². The zero-order valence-corrected chi connectivity index (χ0v) is 36.1. The molecule has 2 nitrogen and oxygen atoms in total. The summed E-state index contributed by atoms with van der Waals surface area (Å²) in [4.78, 5) is 2.39. The predicted molar refractivity (Wildman–Crippen MR) is 282 cm³/mol. The van der Waals surface area contributed by atoms with Gasteiger partial charge in [-0.25, -0.2) is 0 Å². The fraction of sp³-hybridized carbons (Fsp3) is 0. The first-order valence-electron chi connectivity index (χ1n) is 22.7. The topological polar surface area (TPSA) is 8.17 Å². The van der Waals surface area contributed by atoms with Crippen LogP contribution in [0.3, 0.4) is 0 Å². The molecule has 0 unspecified atom stereocenters. The summed E-state index contributed by atoms with van der Waals surface area (Å²) in [7, 11) is 0. The Morgan fingerprint density at radius 3 is 1.61 bits per heavy atom. The maximum absolute atomic E-state index is 2.45. The van der Waals surface area contributed by atoms with Crippen molar-refractivity contribution in [2.45, 2.75) is 0 Å². The van der Waals surface area contributed by atoms with Crippen molar-refractivity contribution in [2.75, 3.05) is 4.90 Å². The number of nitrogens with zero attached hydrogens (tertiary/aromatic N) is 2. The van der Waals surface area contributed by atoms with E-state index >= 15 is 0 Å². The fourth-order valence-electron chi connectivity index (χ4n) is 10.4. The van der Waals surface area contributed by atoms with Crippen LogP contribution in [-0.2, 0) is 0 Å². The van der Waals surface area contributed by atoms with E-state index in [0.29, 0.717) is 0 Å². The first kappa shape index (κ1) is 37.8. The van der Waals surface area contributed by atoms with Gasteiger partial charge in [0, 0.05) is 33.4 Å². The Morgan fingerprint density at radius 1 is 0.258 bits per heavy atom. The van der Waals surface area contributed by atoms with Gasteiger partial charge >= 0.3 is 0 Å². The molecule has 308 valence electrons. The first-order valence-corrected chi connectivity index (χ1v) is 22.7. The standard InChI is InChI=1S/C64H42N2/c1-2-16-47-40-49(29-28-43(47)14-1)48-18-13-19-53(41-48)65(52-37-32-46(33-38-52)60-42-50-17-4-5-20-54(50)57-23-7-8-24-58(57)60)51-35-30-45(31-36-51)55-21-9-11-26-61(55)66-62-27-12-10-25-59(62)64-56-22-6-3-15-44(56)34-39-63(64)66/h1-42H. The lowest BCUT2D eigenvalue weighted by Crippen LogP contribution is -2.10. The third kappa shape index (κ3) is 6.26. The van der Waals surface area contributed by atoms with Gasteiger partial charge in [-0.2, -0.15) is 0 Å². The van der Waals surface area contributed by atoms with E-state index in [1.54, 1.807) is 0 Å². The quantitative estimate of drug-likeness (QED) is 0.145. The van der Waals surface area contributed by atoms with Gasteiger partial charge in [0.15, 0.2) is 0 Å². The Bertz CT molecular complexity index is 3990. The molecule has 0 amide bonds. The Kier molecular flexibility index (Phi) is 8.89. The molecular formula is C64H42N2. The third-order valence-corrected chi connectivity index (χ3v) is 13.5. The molecule has 0 radical (unpaired) electrons. The van der Waals surface area contributed by atoms with Crippen LogP contribution in [-0.4, -0.2) is 4.57 Å². The molecule has 0 aliphatic carbocycles. The van der Waals surface area contributed by atoms with Gasteiger partial charge in [-0.3, -0.25) is 0 Å². The molecule has 13 rings (SSSR count). The number of anilines is 3. The number of para-hydroxylation sites is 2. The molecular weight excluding hydrogens is 797 g/mol. The molecule has 0 saturated heterocycles. The van der Waals surface area contributed by atoms with Gasteiger partial charge < -0.3 is 9.47 Å². The average Bonchev–Trinajstić information content (AvgIpc) is 3.74. The lowest BCUT2D eigenvalue weighted by molar-refractivity contribution is 1.18. The molecule has 1 heterocycles. The molecule has 1 aromatic heterocycles. The summed E-state index contributed by atoms with van der Waals surface area (Å²) in [5, 5.41) is 12.6. The normalized spacial score (nSPS) is 11.6. The number of hydrogen-bond donors (Lipinski definition) is 0. The van der Waals surface area contributed by atoms with E-state index in [2.05, 4.69) is 264 Å². The van der Waals surface area contributed by atoms with E-state index in [4.69, 9.17) is 0 Å². The number of rotatable bonds is 7. The second-order valence-electron chi connectivity index (χ2n) is 17.3. The lowest BCUT2D eigenvalue weighted by Gasteiger charge is -2.27.